The topological polar surface area (TPSA) is 56.1 Å². The Bertz CT molecular complexity index is 970. The fourth-order valence-electron chi connectivity index (χ4n) is 2.49. The summed E-state index contributed by atoms with van der Waals surface area (Å²) < 4.78 is 44.6. The first-order valence-electron chi connectivity index (χ1n) is 8.64. The first kappa shape index (κ1) is 20.7. The first-order valence-corrected chi connectivity index (χ1v) is 9.02. The lowest BCUT2D eigenvalue weighted by Gasteiger charge is -2.15. The normalized spacial score (nSPS) is 12.4. The summed E-state index contributed by atoms with van der Waals surface area (Å²) in [6.07, 6.45) is -3.95. The molecular formula is C20H17ClF3N3O2. The SMILES string of the molecule is CC(Oc1ccc(Cl)cc1)C(=O)NCc1ccc(-n2ccc(C(F)(F)F)n2)cc1. The molecule has 1 aromatic heterocycles. The Morgan fingerprint density at radius 2 is 1.79 bits per heavy atom. The number of rotatable bonds is 6. The van der Waals surface area contributed by atoms with E-state index in [2.05, 4.69) is 10.4 Å². The Morgan fingerprint density at radius 1 is 1.14 bits per heavy atom. The molecule has 1 heterocycles. The third-order valence-electron chi connectivity index (χ3n) is 4.04. The minimum Gasteiger partial charge on any atom is -0.481 e. The van der Waals surface area contributed by atoms with Crippen LogP contribution >= 0.6 is 11.6 Å². The molecule has 0 aliphatic carbocycles. The quantitative estimate of drug-likeness (QED) is 0.629. The second-order valence-corrected chi connectivity index (χ2v) is 6.68. The molecule has 0 saturated carbocycles. The lowest BCUT2D eigenvalue weighted by atomic mass is 10.2. The maximum atomic E-state index is 12.6. The standard InChI is InChI=1S/C20H17ClF3N3O2/c1-13(29-17-8-4-15(21)5-9-17)19(28)25-12-14-2-6-16(7-3-14)27-11-10-18(26-27)20(22,23)24/h2-11,13H,12H2,1H3,(H,25,28). The summed E-state index contributed by atoms with van der Waals surface area (Å²) in [4.78, 5) is 12.2. The van der Waals surface area contributed by atoms with E-state index < -0.39 is 18.0 Å². The van der Waals surface area contributed by atoms with Crippen molar-refractivity contribution in [2.24, 2.45) is 0 Å². The molecule has 1 unspecified atom stereocenters. The molecule has 0 fully saturated rings. The van der Waals surface area contributed by atoms with Crippen molar-refractivity contribution in [2.45, 2.75) is 25.7 Å². The molecule has 152 valence electrons. The predicted molar refractivity (Wildman–Crippen MR) is 102 cm³/mol. The molecule has 0 spiro atoms. The summed E-state index contributed by atoms with van der Waals surface area (Å²) >= 11 is 5.81. The number of hydrogen-bond donors (Lipinski definition) is 1. The van der Waals surface area contributed by atoms with E-state index in [0.717, 1.165) is 16.3 Å². The van der Waals surface area contributed by atoms with Crippen molar-refractivity contribution in [3.8, 4) is 11.4 Å². The van der Waals surface area contributed by atoms with Gasteiger partial charge in [0.2, 0.25) is 0 Å². The van der Waals surface area contributed by atoms with E-state index in [-0.39, 0.29) is 12.5 Å². The zero-order chi connectivity index (χ0) is 21.0. The molecular weight excluding hydrogens is 407 g/mol. The van der Waals surface area contributed by atoms with E-state index in [1.807, 2.05) is 0 Å². The monoisotopic (exact) mass is 423 g/mol. The molecule has 2 aromatic carbocycles. The molecule has 3 rings (SSSR count). The zero-order valence-electron chi connectivity index (χ0n) is 15.3. The Balaban J connectivity index is 1.55. The smallest absolute Gasteiger partial charge is 0.435 e. The number of benzene rings is 2. The molecule has 9 heteroatoms. The third kappa shape index (κ3) is 5.51. The number of halogens is 4. The van der Waals surface area contributed by atoms with E-state index in [4.69, 9.17) is 16.3 Å². The Labute approximate surface area is 170 Å². The Kier molecular flexibility index (Phi) is 6.12. The van der Waals surface area contributed by atoms with Crippen molar-refractivity contribution in [2.75, 3.05) is 0 Å². The third-order valence-corrected chi connectivity index (χ3v) is 4.29. The van der Waals surface area contributed by atoms with Crippen LogP contribution in [0.4, 0.5) is 13.2 Å². The molecule has 1 N–H and O–H groups in total. The van der Waals surface area contributed by atoms with Gasteiger partial charge in [-0.2, -0.15) is 18.3 Å². The number of carbonyl (C=O) groups is 1. The van der Waals surface area contributed by atoms with Crippen LogP contribution in [0.2, 0.25) is 5.02 Å². The number of amides is 1. The fourth-order valence-corrected chi connectivity index (χ4v) is 2.62. The zero-order valence-corrected chi connectivity index (χ0v) is 16.0. The molecule has 29 heavy (non-hydrogen) atoms. The molecule has 5 nitrogen and oxygen atoms in total. The van der Waals surface area contributed by atoms with E-state index in [1.165, 1.54) is 6.20 Å². The predicted octanol–water partition coefficient (Wildman–Crippen LogP) is 4.63. The number of alkyl halides is 3. The number of ether oxygens (including phenoxy) is 1. The summed E-state index contributed by atoms with van der Waals surface area (Å²) in [5.74, 6) is 0.227. The molecule has 3 aromatic rings. The summed E-state index contributed by atoms with van der Waals surface area (Å²) in [7, 11) is 0. The van der Waals surface area contributed by atoms with Gasteiger partial charge in [0.05, 0.1) is 5.69 Å². The summed E-state index contributed by atoms with van der Waals surface area (Å²) in [6, 6.07) is 14.3. The number of carbonyl (C=O) groups excluding carboxylic acids is 1. The summed E-state index contributed by atoms with van der Waals surface area (Å²) in [5.41, 5.74) is 0.308. The minimum absolute atomic E-state index is 0.250. The van der Waals surface area contributed by atoms with Crippen molar-refractivity contribution in [3.63, 3.8) is 0 Å². The fraction of sp³-hybridized carbons (Fsp3) is 0.200. The van der Waals surface area contributed by atoms with Crippen molar-refractivity contribution < 1.29 is 22.7 Å². The highest BCUT2D eigenvalue weighted by atomic mass is 35.5. The highest BCUT2D eigenvalue weighted by Crippen LogP contribution is 2.27. The highest BCUT2D eigenvalue weighted by Gasteiger charge is 2.33. The Hall–Kier alpha value is -3.00. The van der Waals surface area contributed by atoms with Crippen molar-refractivity contribution in [3.05, 3.63) is 77.1 Å². The second kappa shape index (κ2) is 8.57. The van der Waals surface area contributed by atoms with Crippen LogP contribution in [0.1, 0.15) is 18.2 Å². The van der Waals surface area contributed by atoms with E-state index in [0.29, 0.717) is 16.5 Å². The molecule has 0 aliphatic heterocycles. The van der Waals surface area contributed by atoms with Gasteiger partial charge in [-0.1, -0.05) is 23.7 Å². The van der Waals surface area contributed by atoms with Crippen molar-refractivity contribution in [1.82, 2.24) is 15.1 Å². The van der Waals surface area contributed by atoms with Crippen LogP contribution in [0.25, 0.3) is 5.69 Å². The van der Waals surface area contributed by atoms with Gasteiger partial charge in [-0.05, 0) is 55.0 Å². The van der Waals surface area contributed by atoms with Gasteiger partial charge >= 0.3 is 6.18 Å². The van der Waals surface area contributed by atoms with E-state index >= 15 is 0 Å². The number of nitrogens with zero attached hydrogens (tertiary/aromatic N) is 2. The van der Waals surface area contributed by atoms with Crippen LogP contribution in [-0.2, 0) is 17.5 Å². The average Bonchev–Trinajstić information content (AvgIpc) is 3.19. The second-order valence-electron chi connectivity index (χ2n) is 6.24. The van der Waals surface area contributed by atoms with Gasteiger partial charge in [-0.3, -0.25) is 4.79 Å². The van der Waals surface area contributed by atoms with Gasteiger partial charge in [-0.25, -0.2) is 4.68 Å². The minimum atomic E-state index is -4.49. The molecule has 0 bridgehead atoms. The van der Waals surface area contributed by atoms with Crippen molar-refractivity contribution >= 4 is 17.5 Å². The van der Waals surface area contributed by atoms with Crippen LogP contribution in [0.3, 0.4) is 0 Å². The lowest BCUT2D eigenvalue weighted by molar-refractivity contribution is -0.141. The van der Waals surface area contributed by atoms with Gasteiger partial charge in [0.25, 0.3) is 5.91 Å². The van der Waals surface area contributed by atoms with Crippen molar-refractivity contribution in [1.29, 1.82) is 0 Å². The maximum absolute atomic E-state index is 12.6. The van der Waals surface area contributed by atoms with Crippen LogP contribution in [0, 0.1) is 0 Å². The van der Waals surface area contributed by atoms with Crippen LogP contribution in [0.15, 0.2) is 60.8 Å². The summed E-state index contributed by atoms with van der Waals surface area (Å²) in [6.45, 7) is 1.88. The maximum Gasteiger partial charge on any atom is 0.435 e. The molecule has 0 aliphatic rings. The number of nitrogens with one attached hydrogen (secondary N) is 1. The van der Waals surface area contributed by atoms with Crippen LogP contribution in [0.5, 0.6) is 5.75 Å². The highest BCUT2D eigenvalue weighted by molar-refractivity contribution is 6.30. The molecule has 1 amide bonds. The molecule has 1 atom stereocenters. The molecule has 0 saturated heterocycles. The average molecular weight is 424 g/mol. The van der Waals surface area contributed by atoms with Crippen LogP contribution < -0.4 is 10.1 Å². The largest absolute Gasteiger partial charge is 0.481 e. The Morgan fingerprint density at radius 3 is 2.38 bits per heavy atom. The van der Waals surface area contributed by atoms with Gasteiger partial charge in [-0.15, -0.1) is 0 Å². The van der Waals surface area contributed by atoms with Crippen LogP contribution in [-0.4, -0.2) is 21.8 Å². The van der Waals surface area contributed by atoms with Gasteiger partial charge in [0, 0.05) is 17.8 Å². The van der Waals surface area contributed by atoms with E-state index in [9.17, 15) is 18.0 Å². The van der Waals surface area contributed by atoms with Gasteiger partial charge in [0.1, 0.15) is 5.75 Å². The molecule has 0 radical (unpaired) electrons. The van der Waals surface area contributed by atoms with E-state index in [1.54, 1.807) is 55.5 Å². The lowest BCUT2D eigenvalue weighted by Crippen LogP contribution is -2.35. The number of aromatic nitrogens is 2. The van der Waals surface area contributed by atoms with Gasteiger partial charge < -0.3 is 10.1 Å². The number of hydrogen-bond acceptors (Lipinski definition) is 3. The summed E-state index contributed by atoms with van der Waals surface area (Å²) in [5, 5.41) is 6.85. The first-order chi connectivity index (χ1) is 13.7. The van der Waals surface area contributed by atoms with Gasteiger partial charge in [0.15, 0.2) is 11.8 Å².